The number of nitrogens with zero attached hydrogens (tertiary/aromatic N) is 3. The number of hydrogen-bond acceptors (Lipinski definition) is 9. The van der Waals surface area contributed by atoms with Crippen LogP contribution in [-0.2, 0) is 11.2 Å². The smallest absolute Gasteiger partial charge is 0.251 e. The molecule has 0 fully saturated rings. The molecular weight excluding hydrogens is 579 g/mol. The Morgan fingerprint density at radius 1 is 1.18 bits per heavy atom. The van der Waals surface area contributed by atoms with Crippen LogP contribution < -0.4 is 10.6 Å². The predicted octanol–water partition coefficient (Wildman–Crippen LogP) is 4.55. The van der Waals surface area contributed by atoms with Gasteiger partial charge in [0.25, 0.3) is 5.91 Å². The lowest BCUT2D eigenvalue weighted by atomic mass is 9.68. The van der Waals surface area contributed by atoms with E-state index in [1.54, 1.807) is 43.3 Å². The van der Waals surface area contributed by atoms with Crippen molar-refractivity contribution in [2.75, 3.05) is 33.1 Å². The van der Waals surface area contributed by atoms with E-state index >= 15 is 0 Å². The number of Topliss-reactive ketones (excluding diaryl/α,β-unsaturated/α-hetero) is 1. The molecule has 236 valence electrons. The highest BCUT2D eigenvalue weighted by molar-refractivity contribution is 6.18. The number of benzene rings is 2. The Bertz CT molecular complexity index is 1770. The van der Waals surface area contributed by atoms with Crippen molar-refractivity contribution in [1.29, 1.82) is 0 Å². The van der Waals surface area contributed by atoms with E-state index in [1.165, 1.54) is 12.1 Å². The first-order valence-electron chi connectivity index (χ1n) is 14.6. The lowest BCUT2D eigenvalue weighted by Crippen LogP contribution is -2.43. The first-order valence-corrected chi connectivity index (χ1v) is 14.6. The van der Waals surface area contributed by atoms with Gasteiger partial charge in [-0.3, -0.25) is 14.5 Å². The van der Waals surface area contributed by atoms with Crippen molar-refractivity contribution >= 4 is 40.6 Å². The second-order valence-electron chi connectivity index (χ2n) is 12.0. The SMILES string of the molecule is C=C[C@H](O)/C(C(N)=O)=C(/O)[C@H](C1CC(O)=C2C(=O)c3c(c(N(C)C)cc4nc(/C=C/c5ccc(F)cc5)oc34)CC2C1)N(C)C. The van der Waals surface area contributed by atoms with Crippen molar-refractivity contribution in [1.82, 2.24) is 9.88 Å². The number of allylic oxidation sites excluding steroid dienone is 2. The van der Waals surface area contributed by atoms with Crippen molar-refractivity contribution in [3.63, 3.8) is 0 Å². The largest absolute Gasteiger partial charge is 0.512 e. The zero-order valence-corrected chi connectivity index (χ0v) is 25.6. The molecule has 45 heavy (non-hydrogen) atoms. The lowest BCUT2D eigenvalue weighted by Gasteiger charge is -2.40. The molecule has 11 heteroatoms. The number of aliphatic hydroxyl groups is 3. The third-order valence-electron chi connectivity index (χ3n) is 8.58. The third kappa shape index (κ3) is 5.88. The number of hydrogen-bond donors (Lipinski definition) is 4. The number of likely N-dealkylation sites (N-methyl/N-ethyl adjacent to an activating group) is 1. The Morgan fingerprint density at radius 3 is 2.47 bits per heavy atom. The standard InChI is InChI=1S/C34H37FN4O6/c1-6-24(40)29(34(36)44)32(43)30(39(4)5)19-13-18-14-21-23(38(2)3)16-22-33(28(21)31(42)27(18)25(41)15-19)45-26(37-22)12-9-17-7-10-20(35)11-8-17/h6-12,16,18-19,24,30,40-41,43H,1,13-15H2,2-5H3,(H2,36,44)/b12-9+,32-29-/t18?,19?,24-,30-/m0/s1. The summed E-state index contributed by atoms with van der Waals surface area (Å²) in [5, 5.41) is 32.9. The molecule has 0 bridgehead atoms. The fourth-order valence-corrected chi connectivity index (χ4v) is 6.64. The van der Waals surface area contributed by atoms with E-state index in [4.69, 9.17) is 10.2 Å². The minimum Gasteiger partial charge on any atom is -0.512 e. The molecule has 2 aliphatic carbocycles. The Morgan fingerprint density at radius 2 is 1.87 bits per heavy atom. The van der Waals surface area contributed by atoms with Crippen LogP contribution in [0.2, 0.25) is 0 Å². The minimum absolute atomic E-state index is 0.0502. The Labute approximate surface area is 260 Å². The molecule has 1 aromatic heterocycles. The van der Waals surface area contributed by atoms with E-state index in [0.29, 0.717) is 29.5 Å². The summed E-state index contributed by atoms with van der Waals surface area (Å²) >= 11 is 0. The highest BCUT2D eigenvalue weighted by Gasteiger charge is 2.44. The maximum Gasteiger partial charge on any atom is 0.251 e. The van der Waals surface area contributed by atoms with Crippen LogP contribution in [0.4, 0.5) is 10.1 Å². The van der Waals surface area contributed by atoms with Crippen LogP contribution in [0.5, 0.6) is 0 Å². The zero-order valence-electron chi connectivity index (χ0n) is 25.6. The number of aliphatic hydroxyl groups excluding tert-OH is 3. The van der Waals surface area contributed by atoms with Crippen LogP contribution >= 0.6 is 0 Å². The van der Waals surface area contributed by atoms with Gasteiger partial charge in [0.05, 0.1) is 22.9 Å². The number of oxazole rings is 1. The molecule has 0 aliphatic heterocycles. The maximum absolute atomic E-state index is 14.2. The highest BCUT2D eigenvalue weighted by Crippen LogP contribution is 2.47. The number of halogens is 1. The van der Waals surface area contributed by atoms with Crippen LogP contribution in [0.15, 0.2) is 70.1 Å². The number of carbonyl (C=O) groups is 2. The van der Waals surface area contributed by atoms with E-state index in [-0.39, 0.29) is 40.8 Å². The zero-order chi connectivity index (χ0) is 32.7. The number of fused-ring (bicyclic) bond motifs is 4. The minimum atomic E-state index is -1.47. The van der Waals surface area contributed by atoms with Gasteiger partial charge in [-0.15, -0.1) is 6.58 Å². The molecule has 1 heterocycles. The molecule has 4 atom stereocenters. The summed E-state index contributed by atoms with van der Waals surface area (Å²) < 4.78 is 19.4. The fourth-order valence-electron chi connectivity index (χ4n) is 6.64. The van der Waals surface area contributed by atoms with Crippen molar-refractivity contribution in [3.05, 3.63) is 94.0 Å². The number of carbonyl (C=O) groups excluding carboxylic acids is 2. The Kier molecular flexibility index (Phi) is 8.68. The summed E-state index contributed by atoms with van der Waals surface area (Å²) in [4.78, 5) is 34.6. The summed E-state index contributed by atoms with van der Waals surface area (Å²) in [7, 11) is 7.17. The van der Waals surface area contributed by atoms with Gasteiger partial charge < -0.3 is 30.4 Å². The topological polar surface area (TPSA) is 153 Å². The van der Waals surface area contributed by atoms with Crippen LogP contribution in [-0.4, -0.2) is 77.2 Å². The van der Waals surface area contributed by atoms with Gasteiger partial charge >= 0.3 is 0 Å². The predicted molar refractivity (Wildman–Crippen MR) is 170 cm³/mol. The molecule has 5 rings (SSSR count). The van der Waals surface area contributed by atoms with Crippen LogP contribution in [0.3, 0.4) is 0 Å². The van der Waals surface area contributed by atoms with Gasteiger partial charge in [0.2, 0.25) is 5.89 Å². The van der Waals surface area contributed by atoms with Gasteiger partial charge in [-0.1, -0.05) is 18.2 Å². The normalized spacial score (nSPS) is 20.2. The van der Waals surface area contributed by atoms with Crippen molar-refractivity contribution < 1.29 is 33.7 Å². The van der Waals surface area contributed by atoms with Gasteiger partial charge in [-0.25, -0.2) is 9.37 Å². The van der Waals surface area contributed by atoms with Crippen molar-refractivity contribution in [3.8, 4) is 0 Å². The molecule has 0 spiro atoms. The molecule has 10 nitrogen and oxygen atoms in total. The average Bonchev–Trinajstić information content (AvgIpc) is 3.38. The Hall–Kier alpha value is -4.74. The van der Waals surface area contributed by atoms with Gasteiger partial charge in [0, 0.05) is 37.9 Å². The third-order valence-corrected chi connectivity index (χ3v) is 8.58. The van der Waals surface area contributed by atoms with E-state index in [2.05, 4.69) is 11.6 Å². The van der Waals surface area contributed by atoms with Gasteiger partial charge in [-0.05, 0) is 74.2 Å². The molecule has 2 aliphatic rings. The fraction of sp³-hybridized carbons (Fsp3) is 0.324. The summed E-state index contributed by atoms with van der Waals surface area (Å²) in [6, 6.07) is 7.04. The van der Waals surface area contributed by atoms with Gasteiger partial charge in [0.15, 0.2) is 11.4 Å². The van der Waals surface area contributed by atoms with E-state index in [9.17, 15) is 29.3 Å². The molecule has 0 saturated heterocycles. The summed E-state index contributed by atoms with van der Waals surface area (Å²) in [6.07, 6.45) is 3.88. The first-order chi connectivity index (χ1) is 21.3. The molecular formula is C34H37FN4O6. The monoisotopic (exact) mass is 616 g/mol. The molecule has 0 radical (unpaired) electrons. The molecule has 5 N–H and O–H groups in total. The second-order valence-corrected chi connectivity index (χ2v) is 12.0. The number of nitrogens with two attached hydrogens (primary N) is 1. The molecule has 2 unspecified atom stereocenters. The van der Waals surface area contributed by atoms with Crippen LogP contribution in [0.1, 0.15) is 40.2 Å². The number of primary amides is 1. The number of ketones is 1. The number of anilines is 1. The average molecular weight is 617 g/mol. The summed E-state index contributed by atoms with van der Waals surface area (Å²) in [5.41, 5.74) is 8.87. The maximum atomic E-state index is 14.2. The van der Waals surface area contributed by atoms with Crippen LogP contribution in [0.25, 0.3) is 23.3 Å². The lowest BCUT2D eigenvalue weighted by molar-refractivity contribution is -0.115. The number of rotatable bonds is 9. The van der Waals surface area contributed by atoms with Crippen molar-refractivity contribution in [2.24, 2.45) is 17.6 Å². The van der Waals surface area contributed by atoms with E-state index in [0.717, 1.165) is 22.9 Å². The van der Waals surface area contributed by atoms with Crippen molar-refractivity contribution in [2.45, 2.75) is 31.4 Å². The molecule has 0 saturated carbocycles. The Balaban J connectivity index is 1.57. The van der Waals surface area contributed by atoms with Gasteiger partial charge in [-0.2, -0.15) is 0 Å². The summed E-state index contributed by atoms with van der Waals surface area (Å²) in [5.74, 6) is -2.72. The first kappa shape index (κ1) is 31.7. The van der Waals surface area contributed by atoms with E-state index in [1.807, 2.05) is 25.1 Å². The van der Waals surface area contributed by atoms with E-state index < -0.39 is 35.6 Å². The van der Waals surface area contributed by atoms with Crippen LogP contribution in [0, 0.1) is 17.7 Å². The summed E-state index contributed by atoms with van der Waals surface area (Å²) in [6.45, 7) is 3.50. The molecule has 3 aromatic rings. The molecule has 1 amide bonds. The quantitative estimate of drug-likeness (QED) is 0.154. The number of aromatic nitrogens is 1. The highest BCUT2D eigenvalue weighted by atomic mass is 19.1. The molecule has 2 aromatic carbocycles. The second kappa shape index (κ2) is 12.3. The van der Waals surface area contributed by atoms with Gasteiger partial charge in [0.1, 0.15) is 23.2 Å². The number of amides is 1.